The number of hydrogen-bond acceptors (Lipinski definition) is 3. The highest BCUT2D eigenvalue weighted by atomic mass is 16.5. The van der Waals surface area contributed by atoms with Gasteiger partial charge in [0.2, 0.25) is 0 Å². The van der Waals surface area contributed by atoms with Gasteiger partial charge >= 0.3 is 0 Å². The third kappa shape index (κ3) is 3.51. The predicted molar refractivity (Wildman–Crippen MR) is 165 cm³/mol. The van der Waals surface area contributed by atoms with Crippen molar-refractivity contribution in [3.63, 3.8) is 0 Å². The van der Waals surface area contributed by atoms with E-state index in [1.54, 1.807) is 14.2 Å². The van der Waals surface area contributed by atoms with Gasteiger partial charge in [0, 0.05) is 22.1 Å². The summed E-state index contributed by atoms with van der Waals surface area (Å²) in [4.78, 5) is 0. The predicted octanol–water partition coefficient (Wildman–Crippen LogP) is 9.24. The van der Waals surface area contributed by atoms with Crippen LogP contribution in [0.15, 0.2) is 103 Å². The molecule has 1 fully saturated rings. The van der Waals surface area contributed by atoms with Crippen molar-refractivity contribution in [3.05, 3.63) is 131 Å². The van der Waals surface area contributed by atoms with Crippen molar-refractivity contribution >= 4 is 16.8 Å². The molecule has 0 amide bonds. The Morgan fingerprint density at radius 3 is 1.98 bits per heavy atom. The minimum absolute atomic E-state index is 0.501. The van der Waals surface area contributed by atoms with Gasteiger partial charge in [0.15, 0.2) is 5.60 Å². The monoisotopic (exact) mass is 536 g/mol. The maximum Gasteiger partial charge on any atom is 0.178 e. The zero-order valence-electron chi connectivity index (χ0n) is 23.4. The molecule has 3 aliphatic rings. The second kappa shape index (κ2) is 9.27. The Balaban J connectivity index is 1.41. The Labute approximate surface area is 241 Å². The summed E-state index contributed by atoms with van der Waals surface area (Å²) in [7, 11) is 3.40. The molecule has 1 saturated carbocycles. The van der Waals surface area contributed by atoms with Crippen LogP contribution in [-0.2, 0) is 5.60 Å². The van der Waals surface area contributed by atoms with E-state index in [-0.39, 0.29) is 0 Å². The van der Waals surface area contributed by atoms with Crippen molar-refractivity contribution in [2.45, 2.75) is 36.7 Å². The normalized spacial score (nSPS) is 19.5. The molecule has 1 aliphatic heterocycles. The lowest BCUT2D eigenvalue weighted by Gasteiger charge is -2.40. The Kier molecular flexibility index (Phi) is 5.50. The van der Waals surface area contributed by atoms with Crippen LogP contribution in [0.4, 0.5) is 0 Å². The van der Waals surface area contributed by atoms with E-state index in [0.717, 1.165) is 33.8 Å². The van der Waals surface area contributed by atoms with Gasteiger partial charge in [0.25, 0.3) is 0 Å². The minimum atomic E-state index is -0.801. The Hall–Kier alpha value is -4.50. The zero-order chi connectivity index (χ0) is 27.6. The van der Waals surface area contributed by atoms with Crippen molar-refractivity contribution in [3.8, 4) is 28.4 Å². The first kappa shape index (κ1) is 24.3. The highest BCUT2D eigenvalue weighted by Crippen LogP contribution is 2.60. The van der Waals surface area contributed by atoms with Gasteiger partial charge in [-0.2, -0.15) is 0 Å². The number of fused-ring (bicyclic) bond motifs is 11. The molecule has 2 atom stereocenters. The average Bonchev–Trinajstić information content (AvgIpc) is 3.55. The van der Waals surface area contributed by atoms with Gasteiger partial charge in [-0.05, 0) is 82.7 Å². The summed E-state index contributed by atoms with van der Waals surface area (Å²) >= 11 is 0. The number of ether oxygens (including phenoxy) is 3. The fourth-order valence-corrected chi connectivity index (χ4v) is 7.67. The van der Waals surface area contributed by atoms with E-state index >= 15 is 0 Å². The van der Waals surface area contributed by atoms with Crippen molar-refractivity contribution in [1.29, 1.82) is 0 Å². The van der Waals surface area contributed by atoms with Crippen molar-refractivity contribution in [1.82, 2.24) is 0 Å². The number of rotatable bonds is 4. The third-order valence-electron chi connectivity index (χ3n) is 9.55. The molecular weight excluding hydrogens is 504 g/mol. The Morgan fingerprint density at radius 1 is 0.683 bits per heavy atom. The van der Waals surface area contributed by atoms with Crippen LogP contribution in [0.3, 0.4) is 0 Å². The molecule has 41 heavy (non-hydrogen) atoms. The van der Waals surface area contributed by atoms with Crippen LogP contribution in [0.5, 0.6) is 17.2 Å². The lowest BCUT2D eigenvalue weighted by atomic mass is 9.69. The molecule has 0 saturated heterocycles. The molecule has 0 bridgehead atoms. The first-order chi connectivity index (χ1) is 20.2. The molecule has 202 valence electrons. The van der Waals surface area contributed by atoms with Gasteiger partial charge in [-0.3, -0.25) is 0 Å². The molecule has 0 N–H and O–H groups in total. The smallest absolute Gasteiger partial charge is 0.178 e. The van der Waals surface area contributed by atoms with Gasteiger partial charge in [-0.1, -0.05) is 85.3 Å². The van der Waals surface area contributed by atoms with Crippen LogP contribution in [0, 0.1) is 0 Å². The highest BCUT2D eigenvalue weighted by Gasteiger charge is 2.43. The molecule has 0 radical (unpaired) electrons. The molecule has 5 aromatic carbocycles. The van der Waals surface area contributed by atoms with Crippen LogP contribution >= 0.6 is 0 Å². The van der Waals surface area contributed by atoms with Crippen molar-refractivity contribution in [2.24, 2.45) is 0 Å². The summed E-state index contributed by atoms with van der Waals surface area (Å²) < 4.78 is 18.4. The van der Waals surface area contributed by atoms with Crippen LogP contribution in [-0.4, -0.2) is 14.2 Å². The second-order valence-electron chi connectivity index (χ2n) is 11.4. The molecule has 2 aliphatic carbocycles. The molecule has 8 rings (SSSR count). The average molecular weight is 537 g/mol. The van der Waals surface area contributed by atoms with E-state index < -0.39 is 5.60 Å². The largest absolute Gasteiger partial charge is 0.497 e. The summed E-state index contributed by atoms with van der Waals surface area (Å²) in [5, 5.41) is 2.43. The molecule has 5 aromatic rings. The maximum absolute atomic E-state index is 7.39. The summed E-state index contributed by atoms with van der Waals surface area (Å²) in [5.74, 6) is 3.68. The number of methoxy groups -OCH3 is 2. The quantitative estimate of drug-likeness (QED) is 0.229. The van der Waals surface area contributed by atoms with Gasteiger partial charge in [-0.25, -0.2) is 0 Å². The third-order valence-corrected chi connectivity index (χ3v) is 9.55. The molecular formula is C38H32O3. The van der Waals surface area contributed by atoms with E-state index in [2.05, 4.69) is 84.9 Å². The fraction of sp³-hybridized carbons (Fsp3) is 0.211. The van der Waals surface area contributed by atoms with Crippen LogP contribution in [0.25, 0.3) is 28.0 Å². The molecule has 3 nitrogen and oxygen atoms in total. The van der Waals surface area contributed by atoms with Gasteiger partial charge in [-0.15, -0.1) is 0 Å². The van der Waals surface area contributed by atoms with Gasteiger partial charge in [0.1, 0.15) is 17.2 Å². The SMILES string of the molecule is COc1ccc(C2(c3ccc(OC)cc3)C=Cc3c4c(c5ccccc5c3O2)-c2ccccc2C2CCCC42)cc1. The number of benzene rings is 5. The second-order valence-corrected chi connectivity index (χ2v) is 11.4. The van der Waals surface area contributed by atoms with Crippen LogP contribution in [0.1, 0.15) is 58.9 Å². The van der Waals surface area contributed by atoms with E-state index in [9.17, 15) is 0 Å². The lowest BCUT2D eigenvalue weighted by Crippen LogP contribution is -2.35. The maximum atomic E-state index is 7.39. The summed E-state index contributed by atoms with van der Waals surface area (Å²) in [5.41, 5.74) is 8.31. The first-order valence-electron chi connectivity index (χ1n) is 14.6. The first-order valence-corrected chi connectivity index (χ1v) is 14.6. The van der Waals surface area contributed by atoms with Crippen molar-refractivity contribution < 1.29 is 14.2 Å². The Bertz CT molecular complexity index is 1770. The van der Waals surface area contributed by atoms with Gasteiger partial charge < -0.3 is 14.2 Å². The van der Waals surface area contributed by atoms with Crippen molar-refractivity contribution in [2.75, 3.05) is 14.2 Å². The summed E-state index contributed by atoms with van der Waals surface area (Å²) in [6, 6.07) is 34.4. The Morgan fingerprint density at radius 2 is 1.29 bits per heavy atom. The zero-order valence-corrected chi connectivity index (χ0v) is 23.4. The van der Waals surface area contributed by atoms with Crippen LogP contribution < -0.4 is 14.2 Å². The lowest BCUT2D eigenvalue weighted by molar-refractivity contribution is 0.163. The summed E-state index contributed by atoms with van der Waals surface area (Å²) in [6.45, 7) is 0. The molecule has 0 spiro atoms. The topological polar surface area (TPSA) is 27.7 Å². The van der Waals surface area contributed by atoms with E-state index in [1.807, 2.05) is 24.3 Å². The molecule has 0 aromatic heterocycles. The van der Waals surface area contributed by atoms with E-state index in [0.29, 0.717) is 11.8 Å². The van der Waals surface area contributed by atoms with Crippen LogP contribution in [0.2, 0.25) is 0 Å². The highest BCUT2D eigenvalue weighted by molar-refractivity contribution is 6.06. The molecule has 2 unspecified atom stereocenters. The minimum Gasteiger partial charge on any atom is -0.497 e. The fourth-order valence-electron chi connectivity index (χ4n) is 7.67. The van der Waals surface area contributed by atoms with E-state index in [1.165, 1.54) is 52.5 Å². The summed E-state index contributed by atoms with van der Waals surface area (Å²) in [6.07, 6.45) is 8.33. The molecule has 1 heterocycles. The van der Waals surface area contributed by atoms with Gasteiger partial charge in [0.05, 0.1) is 14.2 Å². The van der Waals surface area contributed by atoms with E-state index in [4.69, 9.17) is 14.2 Å². The standard InChI is InChI=1S/C38H32O3/c1-39-26-18-14-24(15-19-26)38(25-16-20-27(40-2)21-17-25)23-22-34-36-31-13-7-12-29(31)28-8-3-4-9-30(28)35(36)32-10-5-6-11-33(32)37(34)41-38/h3-6,8-11,14-23,29,31H,7,12-13H2,1-2H3. The molecule has 3 heteroatoms. The number of hydrogen-bond donors (Lipinski definition) is 0.